The summed E-state index contributed by atoms with van der Waals surface area (Å²) in [6.07, 6.45) is 2.83. The summed E-state index contributed by atoms with van der Waals surface area (Å²) in [6.45, 7) is 0.419. The number of esters is 1. The van der Waals surface area contributed by atoms with Gasteiger partial charge in [0.1, 0.15) is 29.2 Å². The van der Waals surface area contributed by atoms with Crippen molar-refractivity contribution in [2.24, 2.45) is 0 Å². The van der Waals surface area contributed by atoms with Crippen molar-refractivity contribution in [3.8, 4) is 23.1 Å². The molecule has 0 spiro atoms. The molecule has 5 rings (SSSR count). The molecule has 170 valence electrons. The van der Waals surface area contributed by atoms with Crippen molar-refractivity contribution < 1.29 is 28.1 Å². The van der Waals surface area contributed by atoms with Crippen LogP contribution in [0.3, 0.4) is 0 Å². The minimum Gasteiger partial charge on any atom is -0.492 e. The lowest BCUT2D eigenvalue weighted by molar-refractivity contribution is -0.141. The average Bonchev–Trinajstić information content (AvgIpc) is 3.42. The molecule has 0 saturated carbocycles. The van der Waals surface area contributed by atoms with E-state index in [9.17, 15) is 9.18 Å². The standard InChI is InChI=1S/C25H21FINO5/c1-30-24(29)10-14-13-31-22-11-16(3-4-17(14)22)32-21-7-5-18-20(8-6-19(26)25(18)21)33-23-9-2-15(27)12-28-23/h2-4,6,8-9,11-12,14,21H,5,7,10,13H2,1H3/t14?,21-/m1/s1. The number of benzene rings is 2. The second kappa shape index (κ2) is 9.17. The van der Waals surface area contributed by atoms with Crippen LogP contribution in [-0.4, -0.2) is 24.7 Å². The van der Waals surface area contributed by atoms with Gasteiger partial charge in [-0.05, 0) is 59.7 Å². The number of hydrogen-bond acceptors (Lipinski definition) is 6. The van der Waals surface area contributed by atoms with Gasteiger partial charge in [0.05, 0.1) is 20.1 Å². The summed E-state index contributed by atoms with van der Waals surface area (Å²) >= 11 is 2.18. The Bertz CT molecular complexity index is 1200. The Hall–Kier alpha value is -2.88. The molecule has 2 aromatic carbocycles. The Morgan fingerprint density at radius 3 is 2.91 bits per heavy atom. The fourth-order valence-corrected chi connectivity index (χ4v) is 4.66. The summed E-state index contributed by atoms with van der Waals surface area (Å²) in [5, 5.41) is 0. The summed E-state index contributed by atoms with van der Waals surface area (Å²) in [5.41, 5.74) is 2.27. The third kappa shape index (κ3) is 4.48. The summed E-state index contributed by atoms with van der Waals surface area (Å²) in [6, 6.07) is 12.3. The molecule has 2 atom stereocenters. The quantitative estimate of drug-likeness (QED) is 0.283. The Balaban J connectivity index is 1.35. The van der Waals surface area contributed by atoms with Crippen LogP contribution in [0.4, 0.5) is 4.39 Å². The molecule has 1 aliphatic carbocycles. The number of carbonyl (C=O) groups excluding carboxylic acids is 1. The SMILES string of the molecule is COC(=O)CC1COc2cc(O[C@@H]3CCc4c(Oc5ccc(I)cn5)ccc(F)c43)ccc21. The van der Waals surface area contributed by atoms with Crippen molar-refractivity contribution in [1.82, 2.24) is 4.98 Å². The maximum absolute atomic E-state index is 14.8. The van der Waals surface area contributed by atoms with Crippen molar-refractivity contribution in [3.05, 3.63) is 74.7 Å². The molecule has 6 nitrogen and oxygen atoms in total. The molecule has 1 unspecified atom stereocenters. The van der Waals surface area contributed by atoms with E-state index in [0.717, 1.165) is 14.7 Å². The predicted octanol–water partition coefficient (Wildman–Crippen LogP) is 5.72. The lowest BCUT2D eigenvalue weighted by Gasteiger charge is -2.17. The largest absolute Gasteiger partial charge is 0.492 e. The molecular weight excluding hydrogens is 540 g/mol. The van der Waals surface area contributed by atoms with Crippen LogP contribution >= 0.6 is 22.6 Å². The van der Waals surface area contributed by atoms with E-state index < -0.39 is 6.10 Å². The van der Waals surface area contributed by atoms with Crippen LogP contribution in [0.1, 0.15) is 41.6 Å². The van der Waals surface area contributed by atoms with E-state index >= 15 is 0 Å². The predicted molar refractivity (Wildman–Crippen MR) is 126 cm³/mol. The van der Waals surface area contributed by atoms with E-state index in [1.54, 1.807) is 24.4 Å². The van der Waals surface area contributed by atoms with Crippen molar-refractivity contribution in [2.75, 3.05) is 13.7 Å². The monoisotopic (exact) mass is 561 g/mol. The third-order valence-electron chi connectivity index (χ3n) is 5.94. The number of aromatic nitrogens is 1. The number of nitrogens with zero attached hydrogens (tertiary/aromatic N) is 1. The van der Waals surface area contributed by atoms with Gasteiger partial charge in [-0.3, -0.25) is 4.79 Å². The summed E-state index contributed by atoms with van der Waals surface area (Å²) in [4.78, 5) is 15.9. The van der Waals surface area contributed by atoms with Gasteiger partial charge in [-0.25, -0.2) is 9.37 Å². The second-order valence-electron chi connectivity index (χ2n) is 7.99. The molecule has 8 heteroatoms. The van der Waals surface area contributed by atoms with E-state index in [0.29, 0.717) is 48.1 Å². The highest BCUT2D eigenvalue weighted by molar-refractivity contribution is 14.1. The van der Waals surface area contributed by atoms with Crippen LogP contribution in [0.25, 0.3) is 0 Å². The van der Waals surface area contributed by atoms with Crippen LogP contribution in [0.5, 0.6) is 23.1 Å². The first-order valence-corrected chi connectivity index (χ1v) is 11.7. The lowest BCUT2D eigenvalue weighted by Crippen LogP contribution is -2.09. The smallest absolute Gasteiger partial charge is 0.306 e. The normalized spacial score (nSPS) is 18.3. The summed E-state index contributed by atoms with van der Waals surface area (Å²) in [7, 11) is 1.38. The topological polar surface area (TPSA) is 66.9 Å². The van der Waals surface area contributed by atoms with E-state index in [2.05, 4.69) is 27.6 Å². The van der Waals surface area contributed by atoms with Gasteiger partial charge in [0.15, 0.2) is 0 Å². The Morgan fingerprint density at radius 2 is 2.12 bits per heavy atom. The van der Waals surface area contributed by atoms with Gasteiger partial charge in [-0.1, -0.05) is 6.07 Å². The van der Waals surface area contributed by atoms with Gasteiger partial charge in [0.2, 0.25) is 5.88 Å². The van der Waals surface area contributed by atoms with Crippen molar-refractivity contribution in [3.63, 3.8) is 0 Å². The second-order valence-corrected chi connectivity index (χ2v) is 9.23. The van der Waals surface area contributed by atoms with Crippen LogP contribution in [0, 0.1) is 9.39 Å². The lowest BCUT2D eigenvalue weighted by atomic mass is 9.98. The minimum atomic E-state index is -0.432. The molecule has 0 bridgehead atoms. The molecule has 2 heterocycles. The van der Waals surface area contributed by atoms with Crippen LogP contribution < -0.4 is 14.2 Å². The number of carbonyl (C=O) groups is 1. The number of halogens is 2. The molecule has 0 radical (unpaired) electrons. The van der Waals surface area contributed by atoms with Crippen molar-refractivity contribution in [1.29, 1.82) is 0 Å². The minimum absolute atomic E-state index is 0.0410. The molecule has 33 heavy (non-hydrogen) atoms. The number of rotatable bonds is 6. The van der Waals surface area contributed by atoms with E-state index in [-0.39, 0.29) is 24.1 Å². The van der Waals surface area contributed by atoms with Gasteiger partial charge < -0.3 is 18.9 Å². The van der Waals surface area contributed by atoms with Crippen molar-refractivity contribution >= 4 is 28.6 Å². The van der Waals surface area contributed by atoms with Gasteiger partial charge in [-0.15, -0.1) is 0 Å². The first-order chi connectivity index (χ1) is 16.0. The fraction of sp³-hybridized carbons (Fsp3) is 0.280. The number of ether oxygens (including phenoxy) is 4. The van der Waals surface area contributed by atoms with Gasteiger partial charge >= 0.3 is 5.97 Å². The molecule has 2 aliphatic rings. The van der Waals surface area contributed by atoms with Gasteiger partial charge in [0.25, 0.3) is 0 Å². The Kier molecular flexibility index (Phi) is 6.09. The Labute approximate surface area is 204 Å². The van der Waals surface area contributed by atoms with E-state index in [1.807, 2.05) is 18.2 Å². The number of hydrogen-bond donors (Lipinski definition) is 0. The van der Waals surface area contributed by atoms with E-state index in [1.165, 1.54) is 13.2 Å². The molecule has 0 fully saturated rings. The number of methoxy groups -OCH3 is 1. The zero-order valence-corrected chi connectivity index (χ0v) is 20.0. The molecule has 1 aromatic heterocycles. The van der Waals surface area contributed by atoms with E-state index in [4.69, 9.17) is 18.9 Å². The first-order valence-electron chi connectivity index (χ1n) is 10.6. The highest BCUT2D eigenvalue weighted by atomic mass is 127. The molecule has 0 amide bonds. The van der Waals surface area contributed by atoms with Crippen LogP contribution in [0.15, 0.2) is 48.7 Å². The highest BCUT2D eigenvalue weighted by Crippen LogP contribution is 2.44. The average molecular weight is 561 g/mol. The summed E-state index contributed by atoms with van der Waals surface area (Å²) < 4.78 is 38.5. The van der Waals surface area contributed by atoms with Crippen molar-refractivity contribution in [2.45, 2.75) is 31.3 Å². The van der Waals surface area contributed by atoms with Crippen LogP contribution in [0.2, 0.25) is 0 Å². The Morgan fingerprint density at radius 1 is 1.24 bits per heavy atom. The van der Waals surface area contributed by atoms with Crippen LogP contribution in [-0.2, 0) is 16.0 Å². The molecule has 0 saturated heterocycles. The number of pyridine rings is 1. The van der Waals surface area contributed by atoms with Gasteiger partial charge in [-0.2, -0.15) is 0 Å². The maximum Gasteiger partial charge on any atom is 0.306 e. The fourth-order valence-electron chi connectivity index (χ4n) is 4.34. The molecular formula is C25H21FINO5. The zero-order valence-electron chi connectivity index (χ0n) is 17.8. The zero-order chi connectivity index (χ0) is 22.9. The van der Waals surface area contributed by atoms with Gasteiger partial charge in [0, 0.05) is 44.5 Å². The first kappa shape index (κ1) is 21.9. The molecule has 3 aromatic rings. The highest BCUT2D eigenvalue weighted by Gasteiger charge is 2.32. The third-order valence-corrected chi connectivity index (χ3v) is 6.58. The summed E-state index contributed by atoms with van der Waals surface area (Å²) in [5.74, 6) is 1.71. The molecule has 1 aliphatic heterocycles. The maximum atomic E-state index is 14.8. The number of fused-ring (bicyclic) bond motifs is 2. The molecule has 0 N–H and O–H groups in total.